The molecular formula is C14H17NO4S. The number of H-pyrrole nitrogens is 1. The molecule has 0 saturated carbocycles. The number of rotatable bonds is 6. The van der Waals surface area contributed by atoms with Crippen LogP contribution in [0.5, 0.6) is 5.75 Å². The van der Waals surface area contributed by atoms with E-state index in [-0.39, 0.29) is 0 Å². The number of fused-ring (bicyclic) bond motifs is 1. The smallest absolute Gasteiger partial charge is 0.179 e. The second-order valence-corrected chi connectivity index (χ2v) is 6.89. The molecule has 1 heterocycles. The van der Waals surface area contributed by atoms with Crippen molar-refractivity contribution in [3.63, 3.8) is 0 Å². The molecule has 0 unspecified atom stereocenters. The Morgan fingerprint density at radius 2 is 2.10 bits per heavy atom. The van der Waals surface area contributed by atoms with Crippen molar-refractivity contribution in [1.82, 2.24) is 4.98 Å². The Balaban J connectivity index is 2.36. The van der Waals surface area contributed by atoms with Gasteiger partial charge in [-0.2, -0.15) is 0 Å². The van der Waals surface area contributed by atoms with Gasteiger partial charge in [0.05, 0.1) is 6.61 Å². The molecule has 0 amide bonds. The number of Topliss-reactive ketones (excluding diaryl/α,β-unsaturated/α-hetero) is 1. The Morgan fingerprint density at radius 3 is 2.75 bits per heavy atom. The highest BCUT2D eigenvalue weighted by Gasteiger charge is 2.17. The van der Waals surface area contributed by atoms with Crippen LogP contribution in [-0.2, 0) is 9.84 Å². The van der Waals surface area contributed by atoms with E-state index in [9.17, 15) is 13.2 Å². The molecule has 0 radical (unpaired) electrons. The summed E-state index contributed by atoms with van der Waals surface area (Å²) in [5.41, 5.74) is 1.16. The number of aromatic amines is 1. The van der Waals surface area contributed by atoms with Crippen LogP contribution in [0, 0.1) is 0 Å². The Labute approximate surface area is 117 Å². The summed E-state index contributed by atoms with van der Waals surface area (Å²) in [6.07, 6.45) is 3.49. The Bertz CT molecular complexity index is 731. The second kappa shape index (κ2) is 5.66. The lowest BCUT2D eigenvalue weighted by Gasteiger charge is -2.05. The first-order valence-corrected chi connectivity index (χ1v) is 8.41. The van der Waals surface area contributed by atoms with Crippen LogP contribution in [0.15, 0.2) is 24.4 Å². The van der Waals surface area contributed by atoms with E-state index in [1.54, 1.807) is 12.3 Å². The molecule has 0 aliphatic carbocycles. The fraction of sp³-hybridized carbons (Fsp3) is 0.357. The lowest BCUT2D eigenvalue weighted by Crippen LogP contribution is -2.14. The number of nitrogens with one attached hydrogen (secondary N) is 1. The molecule has 0 spiro atoms. The number of sulfone groups is 1. The first kappa shape index (κ1) is 14.6. The van der Waals surface area contributed by atoms with Gasteiger partial charge in [0.2, 0.25) is 0 Å². The largest absolute Gasteiger partial charge is 0.494 e. The van der Waals surface area contributed by atoms with Gasteiger partial charge in [-0.25, -0.2) is 8.42 Å². The van der Waals surface area contributed by atoms with Crippen LogP contribution in [0.25, 0.3) is 10.9 Å². The van der Waals surface area contributed by atoms with Gasteiger partial charge in [0.1, 0.15) is 11.5 Å². The topological polar surface area (TPSA) is 76.2 Å². The fourth-order valence-electron chi connectivity index (χ4n) is 1.96. The monoisotopic (exact) mass is 295 g/mol. The molecule has 2 rings (SSSR count). The van der Waals surface area contributed by atoms with E-state index in [1.807, 2.05) is 19.1 Å². The number of carbonyl (C=O) groups is 1. The maximum absolute atomic E-state index is 12.0. The predicted octanol–water partition coefficient (Wildman–Crippen LogP) is 2.18. The number of ether oxygens (including phenoxy) is 1. The van der Waals surface area contributed by atoms with E-state index >= 15 is 0 Å². The standard InChI is InChI=1S/C14H17NO4S/c1-3-6-19-10-4-5-13-11(7-10)12(8-15-13)14(16)9-20(2,17)18/h4-5,7-8,15H,3,6,9H2,1-2H3. The molecule has 1 aromatic heterocycles. The van der Waals surface area contributed by atoms with Gasteiger partial charge in [0, 0.05) is 28.9 Å². The van der Waals surface area contributed by atoms with Gasteiger partial charge in [0.15, 0.2) is 15.6 Å². The average Bonchev–Trinajstić information content (AvgIpc) is 2.77. The van der Waals surface area contributed by atoms with Crippen LogP contribution in [0.3, 0.4) is 0 Å². The van der Waals surface area contributed by atoms with E-state index in [1.165, 1.54) is 0 Å². The third kappa shape index (κ3) is 3.39. The maximum Gasteiger partial charge on any atom is 0.179 e. The van der Waals surface area contributed by atoms with E-state index in [0.29, 0.717) is 23.3 Å². The summed E-state index contributed by atoms with van der Waals surface area (Å²) in [5.74, 6) is -0.223. The minimum absolute atomic E-state index is 0.382. The van der Waals surface area contributed by atoms with Crippen LogP contribution < -0.4 is 4.74 Å². The van der Waals surface area contributed by atoms with Gasteiger partial charge >= 0.3 is 0 Å². The Hall–Kier alpha value is -1.82. The van der Waals surface area contributed by atoms with Crippen LogP contribution in [0.2, 0.25) is 0 Å². The zero-order chi connectivity index (χ0) is 14.8. The fourth-order valence-corrected chi connectivity index (χ4v) is 2.59. The van der Waals surface area contributed by atoms with E-state index < -0.39 is 21.4 Å². The summed E-state index contributed by atoms with van der Waals surface area (Å²) in [7, 11) is -3.34. The molecule has 5 nitrogen and oxygen atoms in total. The molecule has 0 bridgehead atoms. The third-order valence-electron chi connectivity index (χ3n) is 2.82. The highest BCUT2D eigenvalue weighted by atomic mass is 32.2. The van der Waals surface area contributed by atoms with Crippen LogP contribution >= 0.6 is 0 Å². The van der Waals surface area contributed by atoms with Crippen molar-refractivity contribution in [3.8, 4) is 5.75 Å². The summed E-state index contributed by atoms with van der Waals surface area (Å²) in [6, 6.07) is 5.40. The lowest BCUT2D eigenvalue weighted by molar-refractivity contribution is 0.102. The van der Waals surface area contributed by atoms with E-state index in [2.05, 4.69) is 4.98 Å². The first-order valence-electron chi connectivity index (χ1n) is 6.35. The maximum atomic E-state index is 12.0. The minimum atomic E-state index is -3.34. The molecule has 0 aliphatic rings. The van der Waals surface area contributed by atoms with Gasteiger partial charge in [-0.05, 0) is 24.6 Å². The zero-order valence-electron chi connectivity index (χ0n) is 11.5. The Kier molecular flexibility index (Phi) is 4.13. The predicted molar refractivity (Wildman–Crippen MR) is 78.1 cm³/mol. The number of hydrogen-bond acceptors (Lipinski definition) is 4. The Morgan fingerprint density at radius 1 is 1.35 bits per heavy atom. The minimum Gasteiger partial charge on any atom is -0.494 e. The molecule has 6 heteroatoms. The van der Waals surface area contributed by atoms with Gasteiger partial charge in [-0.1, -0.05) is 6.92 Å². The average molecular weight is 295 g/mol. The summed E-state index contributed by atoms with van der Waals surface area (Å²) >= 11 is 0. The molecule has 108 valence electrons. The van der Waals surface area contributed by atoms with E-state index in [4.69, 9.17) is 4.74 Å². The van der Waals surface area contributed by atoms with Crippen molar-refractivity contribution in [2.45, 2.75) is 13.3 Å². The van der Waals surface area contributed by atoms with Crippen molar-refractivity contribution in [2.75, 3.05) is 18.6 Å². The molecule has 1 aromatic carbocycles. The van der Waals surface area contributed by atoms with Gasteiger partial charge in [-0.15, -0.1) is 0 Å². The molecule has 0 fully saturated rings. The summed E-state index contributed by atoms with van der Waals surface area (Å²) < 4.78 is 28.0. The highest BCUT2D eigenvalue weighted by molar-refractivity contribution is 7.91. The van der Waals surface area contributed by atoms with Crippen molar-refractivity contribution in [2.24, 2.45) is 0 Å². The third-order valence-corrected chi connectivity index (χ3v) is 3.61. The summed E-state index contributed by atoms with van der Waals surface area (Å²) in [4.78, 5) is 15.0. The van der Waals surface area contributed by atoms with Gasteiger partial charge < -0.3 is 9.72 Å². The molecule has 0 aliphatic heterocycles. The highest BCUT2D eigenvalue weighted by Crippen LogP contribution is 2.24. The quantitative estimate of drug-likeness (QED) is 0.829. The molecule has 0 atom stereocenters. The number of aromatic nitrogens is 1. The second-order valence-electron chi connectivity index (χ2n) is 4.75. The number of ketones is 1. The molecule has 2 aromatic rings. The van der Waals surface area contributed by atoms with Crippen molar-refractivity contribution >= 4 is 26.5 Å². The molecule has 1 N–H and O–H groups in total. The van der Waals surface area contributed by atoms with E-state index in [0.717, 1.165) is 18.2 Å². The summed E-state index contributed by atoms with van der Waals surface area (Å²) in [6.45, 7) is 2.61. The lowest BCUT2D eigenvalue weighted by atomic mass is 10.1. The van der Waals surface area contributed by atoms with Crippen LogP contribution in [-0.4, -0.2) is 37.8 Å². The van der Waals surface area contributed by atoms with Crippen molar-refractivity contribution < 1.29 is 17.9 Å². The SMILES string of the molecule is CCCOc1ccc2[nH]cc(C(=O)CS(C)(=O)=O)c2c1. The van der Waals surface area contributed by atoms with Crippen LogP contribution in [0.1, 0.15) is 23.7 Å². The van der Waals surface area contributed by atoms with Gasteiger partial charge in [0.25, 0.3) is 0 Å². The zero-order valence-corrected chi connectivity index (χ0v) is 12.3. The van der Waals surface area contributed by atoms with Crippen LogP contribution in [0.4, 0.5) is 0 Å². The first-order chi connectivity index (χ1) is 9.40. The molecule has 0 saturated heterocycles. The normalized spacial score (nSPS) is 11.7. The molecular weight excluding hydrogens is 278 g/mol. The number of hydrogen-bond donors (Lipinski definition) is 1. The number of benzene rings is 1. The van der Waals surface area contributed by atoms with Crippen molar-refractivity contribution in [3.05, 3.63) is 30.0 Å². The molecule has 20 heavy (non-hydrogen) atoms. The summed E-state index contributed by atoms with van der Waals surface area (Å²) in [5, 5.41) is 0.687. The van der Waals surface area contributed by atoms with Gasteiger partial charge in [-0.3, -0.25) is 4.79 Å². The number of carbonyl (C=O) groups excluding carboxylic acids is 1. The van der Waals surface area contributed by atoms with Crippen molar-refractivity contribution in [1.29, 1.82) is 0 Å².